The maximum atomic E-state index is 14.5. The Balaban J connectivity index is 1.83. The molecule has 24 heavy (non-hydrogen) atoms. The van der Waals surface area contributed by atoms with E-state index in [1.807, 2.05) is 31.0 Å². The minimum absolute atomic E-state index is 0.327. The molecule has 0 unspecified atom stereocenters. The molecule has 5 nitrogen and oxygen atoms in total. The van der Waals surface area contributed by atoms with Crippen LogP contribution in [-0.2, 0) is 17.7 Å². The van der Waals surface area contributed by atoms with Crippen LogP contribution in [0.15, 0.2) is 30.6 Å². The molecule has 1 aliphatic heterocycles. The monoisotopic (exact) mass is 330 g/mol. The molecule has 2 heterocycles. The van der Waals surface area contributed by atoms with Gasteiger partial charge in [0.25, 0.3) is 0 Å². The average Bonchev–Trinajstić information content (AvgIpc) is 2.63. The molecule has 0 radical (unpaired) electrons. The number of ether oxygens (including phenoxy) is 1. The molecule has 2 aromatic rings. The van der Waals surface area contributed by atoms with E-state index in [1.54, 1.807) is 0 Å². The van der Waals surface area contributed by atoms with E-state index in [1.165, 1.54) is 12.0 Å². The van der Waals surface area contributed by atoms with Gasteiger partial charge in [0.15, 0.2) is 11.6 Å². The zero-order valence-corrected chi connectivity index (χ0v) is 14.2. The predicted octanol–water partition coefficient (Wildman–Crippen LogP) is 2.65. The fourth-order valence-corrected chi connectivity index (χ4v) is 3.00. The molecule has 1 fully saturated rings. The van der Waals surface area contributed by atoms with Crippen molar-refractivity contribution in [1.29, 1.82) is 0 Å². The maximum absolute atomic E-state index is 14.5. The highest BCUT2D eigenvalue weighted by atomic mass is 19.1. The van der Waals surface area contributed by atoms with Gasteiger partial charge in [-0.1, -0.05) is 25.1 Å². The summed E-state index contributed by atoms with van der Waals surface area (Å²) >= 11 is 0. The lowest BCUT2D eigenvalue weighted by Crippen LogP contribution is -2.37. The molecule has 1 aliphatic rings. The number of aryl methyl sites for hydroxylation is 1. The molecule has 0 spiro atoms. The minimum atomic E-state index is -0.327. The lowest BCUT2D eigenvalue weighted by atomic mass is 10.1. The fraction of sp³-hybridized carbons (Fsp3) is 0.444. The summed E-state index contributed by atoms with van der Waals surface area (Å²) in [7, 11) is 1.86. The van der Waals surface area contributed by atoms with E-state index in [2.05, 4.69) is 27.0 Å². The molecule has 1 saturated heterocycles. The van der Waals surface area contributed by atoms with Crippen LogP contribution in [0.5, 0.6) is 0 Å². The van der Waals surface area contributed by atoms with Gasteiger partial charge in [-0.2, -0.15) is 0 Å². The fourth-order valence-electron chi connectivity index (χ4n) is 3.00. The third-order valence-corrected chi connectivity index (χ3v) is 4.29. The number of anilines is 2. The Morgan fingerprint density at radius 2 is 1.96 bits per heavy atom. The van der Waals surface area contributed by atoms with Crippen LogP contribution in [0.25, 0.3) is 0 Å². The second-order valence-electron chi connectivity index (χ2n) is 5.90. The average molecular weight is 330 g/mol. The number of morpholine rings is 1. The first-order chi connectivity index (χ1) is 11.7. The van der Waals surface area contributed by atoms with Crippen molar-refractivity contribution in [2.24, 2.45) is 0 Å². The summed E-state index contributed by atoms with van der Waals surface area (Å²) < 4.78 is 19.9. The van der Waals surface area contributed by atoms with Crippen molar-refractivity contribution < 1.29 is 9.13 Å². The molecule has 3 rings (SSSR count). The van der Waals surface area contributed by atoms with Crippen molar-refractivity contribution in [1.82, 2.24) is 9.97 Å². The highest BCUT2D eigenvalue weighted by Gasteiger charge is 2.18. The normalized spacial score (nSPS) is 14.7. The molecule has 128 valence electrons. The summed E-state index contributed by atoms with van der Waals surface area (Å²) in [6.07, 6.45) is 1.99. The molecular weight excluding hydrogens is 307 g/mol. The summed E-state index contributed by atoms with van der Waals surface area (Å²) in [5, 5.41) is 0. The van der Waals surface area contributed by atoms with Gasteiger partial charge < -0.3 is 14.5 Å². The van der Waals surface area contributed by atoms with Crippen LogP contribution >= 0.6 is 0 Å². The summed E-state index contributed by atoms with van der Waals surface area (Å²) in [5.74, 6) is 0.0185. The highest BCUT2D eigenvalue weighted by molar-refractivity contribution is 5.55. The summed E-state index contributed by atoms with van der Waals surface area (Å²) in [6.45, 7) is 5.72. The minimum Gasteiger partial charge on any atom is -0.378 e. The quantitative estimate of drug-likeness (QED) is 0.843. The lowest BCUT2D eigenvalue weighted by molar-refractivity contribution is 0.122. The van der Waals surface area contributed by atoms with E-state index < -0.39 is 0 Å². The van der Waals surface area contributed by atoms with Gasteiger partial charge in [-0.15, -0.1) is 0 Å². The number of hydrogen-bond acceptors (Lipinski definition) is 5. The lowest BCUT2D eigenvalue weighted by Gasteiger charge is -2.31. The number of para-hydroxylation sites is 1. The van der Waals surface area contributed by atoms with Gasteiger partial charge in [0.05, 0.1) is 18.9 Å². The third kappa shape index (κ3) is 3.48. The molecule has 6 heteroatoms. The molecule has 0 amide bonds. The summed E-state index contributed by atoms with van der Waals surface area (Å²) in [6, 6.07) is 8.25. The Hall–Kier alpha value is -2.21. The zero-order chi connectivity index (χ0) is 16.9. The maximum Gasteiger partial charge on any atom is 0.187 e. The summed E-state index contributed by atoms with van der Waals surface area (Å²) in [4.78, 5) is 12.3. The van der Waals surface area contributed by atoms with E-state index in [-0.39, 0.29) is 5.82 Å². The van der Waals surface area contributed by atoms with Gasteiger partial charge in [-0.3, -0.25) is 0 Å². The van der Waals surface area contributed by atoms with E-state index in [4.69, 9.17) is 4.74 Å². The van der Waals surface area contributed by atoms with Gasteiger partial charge in [0.1, 0.15) is 6.33 Å². The Bertz CT molecular complexity index is 688. The summed E-state index contributed by atoms with van der Waals surface area (Å²) in [5.41, 5.74) is 2.78. The molecule has 0 atom stereocenters. The molecule has 0 N–H and O–H groups in total. The van der Waals surface area contributed by atoms with Gasteiger partial charge in [-0.25, -0.2) is 14.4 Å². The standard InChI is InChI=1S/C18H23FN4O/c1-3-15-17(19)18(21-13-20-15)22(2)12-14-6-4-5-7-16(14)23-8-10-24-11-9-23/h4-7,13H,3,8-12H2,1-2H3. The molecule has 1 aromatic heterocycles. The van der Waals surface area contributed by atoms with E-state index in [0.29, 0.717) is 24.5 Å². The number of aromatic nitrogens is 2. The second kappa shape index (κ2) is 7.57. The molecule has 0 saturated carbocycles. The van der Waals surface area contributed by atoms with Crippen LogP contribution in [0.2, 0.25) is 0 Å². The van der Waals surface area contributed by atoms with E-state index in [0.717, 1.165) is 31.9 Å². The van der Waals surface area contributed by atoms with Crippen molar-refractivity contribution in [3.05, 3.63) is 47.7 Å². The van der Waals surface area contributed by atoms with Gasteiger partial charge in [-0.05, 0) is 18.1 Å². The number of hydrogen-bond donors (Lipinski definition) is 0. The number of halogens is 1. The number of rotatable bonds is 5. The first-order valence-corrected chi connectivity index (χ1v) is 8.31. The number of nitrogens with zero attached hydrogens (tertiary/aromatic N) is 4. The van der Waals surface area contributed by atoms with Crippen LogP contribution in [0, 0.1) is 5.82 Å². The van der Waals surface area contributed by atoms with Crippen molar-refractivity contribution in [2.45, 2.75) is 19.9 Å². The van der Waals surface area contributed by atoms with E-state index in [9.17, 15) is 4.39 Å². The van der Waals surface area contributed by atoms with Crippen molar-refractivity contribution in [3.8, 4) is 0 Å². The molecule has 0 aliphatic carbocycles. The van der Waals surface area contributed by atoms with Crippen molar-refractivity contribution in [2.75, 3.05) is 43.2 Å². The Labute approximate surface area is 142 Å². The Kier molecular flexibility index (Phi) is 5.25. The Morgan fingerprint density at radius 1 is 1.21 bits per heavy atom. The van der Waals surface area contributed by atoms with Crippen LogP contribution < -0.4 is 9.80 Å². The SMILES string of the molecule is CCc1ncnc(N(C)Cc2ccccc2N2CCOCC2)c1F. The van der Waals surface area contributed by atoms with Crippen LogP contribution in [0.4, 0.5) is 15.9 Å². The van der Waals surface area contributed by atoms with Crippen LogP contribution in [0.1, 0.15) is 18.2 Å². The Morgan fingerprint density at radius 3 is 2.71 bits per heavy atom. The smallest absolute Gasteiger partial charge is 0.187 e. The van der Waals surface area contributed by atoms with E-state index >= 15 is 0 Å². The molecular formula is C18H23FN4O. The zero-order valence-electron chi connectivity index (χ0n) is 14.2. The second-order valence-corrected chi connectivity index (χ2v) is 5.90. The highest BCUT2D eigenvalue weighted by Crippen LogP contribution is 2.25. The van der Waals surface area contributed by atoms with Crippen LogP contribution in [-0.4, -0.2) is 43.3 Å². The third-order valence-electron chi connectivity index (χ3n) is 4.29. The van der Waals surface area contributed by atoms with Crippen LogP contribution in [0.3, 0.4) is 0 Å². The topological polar surface area (TPSA) is 41.5 Å². The predicted molar refractivity (Wildman–Crippen MR) is 92.9 cm³/mol. The van der Waals surface area contributed by atoms with Gasteiger partial charge in [0.2, 0.25) is 0 Å². The largest absolute Gasteiger partial charge is 0.378 e. The van der Waals surface area contributed by atoms with Gasteiger partial charge in [0, 0.05) is 32.4 Å². The first-order valence-electron chi connectivity index (χ1n) is 8.31. The van der Waals surface area contributed by atoms with Crippen molar-refractivity contribution in [3.63, 3.8) is 0 Å². The van der Waals surface area contributed by atoms with Gasteiger partial charge >= 0.3 is 0 Å². The molecule has 1 aromatic carbocycles. The van der Waals surface area contributed by atoms with Crippen molar-refractivity contribution >= 4 is 11.5 Å². The number of benzene rings is 1. The first kappa shape index (κ1) is 16.6. The molecule has 0 bridgehead atoms.